The van der Waals surface area contributed by atoms with Crippen molar-refractivity contribution in [1.29, 1.82) is 0 Å². The molecule has 0 aliphatic heterocycles. The van der Waals surface area contributed by atoms with Crippen molar-refractivity contribution in [3.8, 4) is 0 Å². The van der Waals surface area contributed by atoms with E-state index in [1.165, 1.54) is 0 Å². The van der Waals surface area contributed by atoms with Crippen LogP contribution in [0.4, 0.5) is 0 Å². The molecule has 0 atom stereocenters. The predicted octanol–water partition coefficient (Wildman–Crippen LogP) is 1.11. The summed E-state index contributed by atoms with van der Waals surface area (Å²) < 4.78 is 1.63. The van der Waals surface area contributed by atoms with Crippen LogP contribution in [0.25, 0.3) is 0 Å². The molecule has 1 aliphatic rings. The highest BCUT2D eigenvalue weighted by molar-refractivity contribution is 5.85. The number of nitrogens with zero attached hydrogens (tertiary/aromatic N) is 2. The average molecular weight is 295 g/mol. The van der Waals surface area contributed by atoms with Gasteiger partial charge in [0.25, 0.3) is 0 Å². The molecule has 1 aromatic heterocycles. The molecule has 2 rings (SSSR count). The van der Waals surface area contributed by atoms with Crippen molar-refractivity contribution in [2.24, 2.45) is 5.73 Å². The molecule has 5 nitrogen and oxygen atoms in total. The van der Waals surface area contributed by atoms with E-state index in [2.05, 4.69) is 10.4 Å². The monoisotopic (exact) mass is 294 g/mol. The minimum absolute atomic E-state index is 0. The number of rotatable bonds is 3. The van der Waals surface area contributed by atoms with Crippen LogP contribution < -0.4 is 11.1 Å². The van der Waals surface area contributed by atoms with Crippen molar-refractivity contribution < 1.29 is 4.79 Å². The first-order chi connectivity index (χ1) is 7.74. The van der Waals surface area contributed by atoms with Gasteiger partial charge in [0.15, 0.2) is 0 Å². The molecule has 0 aromatic carbocycles. The average Bonchev–Trinajstić information content (AvgIpc) is 2.74. The maximum absolute atomic E-state index is 11.7. The zero-order valence-electron chi connectivity index (χ0n) is 10.1. The van der Waals surface area contributed by atoms with E-state index in [0.717, 1.165) is 25.7 Å². The van der Waals surface area contributed by atoms with Crippen LogP contribution >= 0.6 is 24.8 Å². The summed E-state index contributed by atoms with van der Waals surface area (Å²) in [6.45, 7) is 0.301. The largest absolute Gasteiger partial charge is 0.352 e. The molecule has 1 heterocycles. The predicted molar refractivity (Wildman–Crippen MR) is 75.1 cm³/mol. The van der Waals surface area contributed by atoms with E-state index >= 15 is 0 Å². The minimum atomic E-state index is 0. The molecule has 1 aliphatic carbocycles. The van der Waals surface area contributed by atoms with Crippen molar-refractivity contribution in [2.45, 2.75) is 44.3 Å². The van der Waals surface area contributed by atoms with Gasteiger partial charge >= 0.3 is 0 Å². The van der Waals surface area contributed by atoms with Gasteiger partial charge in [0.2, 0.25) is 5.91 Å². The highest BCUT2D eigenvalue weighted by Crippen LogP contribution is 2.16. The number of amides is 1. The van der Waals surface area contributed by atoms with Gasteiger partial charge in [-0.1, -0.05) is 0 Å². The fourth-order valence-corrected chi connectivity index (χ4v) is 2.08. The molecular formula is C11H20Cl2N4O. The molecule has 0 spiro atoms. The molecule has 1 aromatic rings. The zero-order valence-corrected chi connectivity index (χ0v) is 11.8. The molecule has 18 heavy (non-hydrogen) atoms. The Kier molecular flexibility index (Phi) is 7.98. The van der Waals surface area contributed by atoms with Gasteiger partial charge in [-0.05, 0) is 31.7 Å². The van der Waals surface area contributed by atoms with E-state index in [-0.39, 0.29) is 30.7 Å². The molecule has 1 saturated carbocycles. The third kappa shape index (κ3) is 5.25. The number of hydrogen-bond donors (Lipinski definition) is 2. The number of nitrogens with one attached hydrogen (secondary N) is 1. The summed E-state index contributed by atoms with van der Waals surface area (Å²) in [6, 6.07) is 2.43. The number of carbonyl (C=O) groups excluding carboxylic acids is 1. The fraction of sp³-hybridized carbons (Fsp3) is 0.636. The lowest BCUT2D eigenvalue weighted by atomic mass is 9.92. The van der Waals surface area contributed by atoms with Gasteiger partial charge in [-0.3, -0.25) is 9.48 Å². The van der Waals surface area contributed by atoms with Gasteiger partial charge in [0.1, 0.15) is 6.54 Å². The second kappa shape index (κ2) is 8.34. The Morgan fingerprint density at radius 3 is 2.56 bits per heavy atom. The summed E-state index contributed by atoms with van der Waals surface area (Å²) in [6.07, 6.45) is 7.46. The van der Waals surface area contributed by atoms with Crippen LogP contribution in [0.15, 0.2) is 18.5 Å². The van der Waals surface area contributed by atoms with E-state index in [9.17, 15) is 4.79 Å². The molecule has 1 amide bonds. The number of aromatic nitrogens is 2. The minimum Gasteiger partial charge on any atom is -0.352 e. The quantitative estimate of drug-likeness (QED) is 0.877. The summed E-state index contributed by atoms with van der Waals surface area (Å²) in [5, 5.41) is 7.02. The normalized spacial score (nSPS) is 22.5. The second-order valence-corrected chi connectivity index (χ2v) is 4.38. The molecule has 0 radical (unpaired) electrons. The van der Waals surface area contributed by atoms with Crippen molar-refractivity contribution in [2.75, 3.05) is 0 Å². The van der Waals surface area contributed by atoms with Crippen molar-refractivity contribution in [3.05, 3.63) is 18.5 Å². The van der Waals surface area contributed by atoms with E-state index in [4.69, 9.17) is 5.73 Å². The summed E-state index contributed by atoms with van der Waals surface area (Å²) in [4.78, 5) is 11.7. The number of halogens is 2. The highest BCUT2D eigenvalue weighted by Gasteiger charge is 2.19. The van der Waals surface area contributed by atoms with Crippen LogP contribution in [0.3, 0.4) is 0 Å². The van der Waals surface area contributed by atoms with Crippen LogP contribution in [-0.2, 0) is 11.3 Å². The summed E-state index contributed by atoms with van der Waals surface area (Å²) in [5.74, 6) is 0.0316. The standard InChI is InChI=1S/C11H18N4O.2ClH/c12-9-2-4-10(5-3-9)14-11(16)8-15-7-1-6-13-15;;/h1,6-7,9-10H,2-5,8,12H2,(H,14,16);2*1H. The Morgan fingerprint density at radius 2 is 2.00 bits per heavy atom. The van der Waals surface area contributed by atoms with Crippen molar-refractivity contribution >= 4 is 30.7 Å². The maximum atomic E-state index is 11.7. The van der Waals surface area contributed by atoms with E-state index in [0.29, 0.717) is 18.6 Å². The maximum Gasteiger partial charge on any atom is 0.241 e. The van der Waals surface area contributed by atoms with Crippen molar-refractivity contribution in [1.82, 2.24) is 15.1 Å². The van der Waals surface area contributed by atoms with Gasteiger partial charge in [-0.25, -0.2) is 0 Å². The summed E-state index contributed by atoms with van der Waals surface area (Å²) in [5.41, 5.74) is 5.81. The summed E-state index contributed by atoms with van der Waals surface area (Å²) in [7, 11) is 0. The van der Waals surface area contributed by atoms with Crippen LogP contribution in [0.1, 0.15) is 25.7 Å². The molecule has 0 unspecified atom stereocenters. The van der Waals surface area contributed by atoms with Crippen LogP contribution in [-0.4, -0.2) is 27.8 Å². The molecule has 0 bridgehead atoms. The van der Waals surface area contributed by atoms with E-state index in [1.54, 1.807) is 17.1 Å². The third-order valence-corrected chi connectivity index (χ3v) is 3.00. The lowest BCUT2D eigenvalue weighted by Crippen LogP contribution is -2.41. The van der Waals surface area contributed by atoms with Crippen LogP contribution in [0.2, 0.25) is 0 Å². The van der Waals surface area contributed by atoms with Gasteiger partial charge in [0.05, 0.1) is 0 Å². The number of nitrogens with two attached hydrogens (primary N) is 1. The second-order valence-electron chi connectivity index (χ2n) is 4.38. The SMILES string of the molecule is Cl.Cl.NC1CCC(NC(=O)Cn2cccn2)CC1. The van der Waals surface area contributed by atoms with Crippen molar-refractivity contribution in [3.63, 3.8) is 0 Å². The molecule has 3 N–H and O–H groups in total. The van der Waals surface area contributed by atoms with Gasteiger partial charge < -0.3 is 11.1 Å². The zero-order chi connectivity index (χ0) is 11.4. The fourth-order valence-electron chi connectivity index (χ4n) is 2.08. The molecule has 0 saturated heterocycles. The smallest absolute Gasteiger partial charge is 0.241 e. The van der Waals surface area contributed by atoms with E-state index in [1.807, 2.05) is 6.07 Å². The van der Waals surface area contributed by atoms with Gasteiger partial charge in [-0.15, -0.1) is 24.8 Å². The Balaban J connectivity index is 0.00000144. The first kappa shape index (κ1) is 17.2. The first-order valence-corrected chi connectivity index (χ1v) is 5.76. The topological polar surface area (TPSA) is 72.9 Å². The molecule has 1 fully saturated rings. The Bertz CT molecular complexity index is 337. The van der Waals surface area contributed by atoms with Gasteiger partial charge in [-0.2, -0.15) is 5.10 Å². The summed E-state index contributed by atoms with van der Waals surface area (Å²) >= 11 is 0. The highest BCUT2D eigenvalue weighted by atomic mass is 35.5. The molecule has 104 valence electrons. The number of hydrogen-bond acceptors (Lipinski definition) is 3. The Hall–Kier alpha value is -0.780. The van der Waals surface area contributed by atoms with Crippen LogP contribution in [0, 0.1) is 0 Å². The lowest BCUT2D eigenvalue weighted by Gasteiger charge is -2.26. The first-order valence-electron chi connectivity index (χ1n) is 5.76. The number of carbonyl (C=O) groups is 1. The van der Waals surface area contributed by atoms with Gasteiger partial charge in [0, 0.05) is 24.5 Å². The third-order valence-electron chi connectivity index (χ3n) is 3.00. The lowest BCUT2D eigenvalue weighted by molar-refractivity contribution is -0.122. The Labute approximate surface area is 119 Å². The van der Waals surface area contributed by atoms with Crippen LogP contribution in [0.5, 0.6) is 0 Å². The van der Waals surface area contributed by atoms with E-state index < -0.39 is 0 Å². The Morgan fingerprint density at radius 1 is 1.33 bits per heavy atom. The molecular weight excluding hydrogens is 275 g/mol. The molecule has 7 heteroatoms.